The lowest BCUT2D eigenvalue weighted by Crippen LogP contribution is -2.56. The van der Waals surface area contributed by atoms with Gasteiger partial charge < -0.3 is 34.4 Å². The van der Waals surface area contributed by atoms with Crippen LogP contribution in [0.2, 0.25) is 5.02 Å². The Kier molecular flexibility index (Phi) is 11.4. The van der Waals surface area contributed by atoms with Crippen LogP contribution in [0.1, 0.15) is 43.8 Å². The highest BCUT2D eigenvalue weighted by Crippen LogP contribution is 2.59. The summed E-state index contributed by atoms with van der Waals surface area (Å²) >= 11 is 9.82. The molecule has 4 aliphatic heterocycles. The number of aliphatic hydroxyl groups excluding tert-OH is 1. The lowest BCUT2D eigenvalue weighted by Gasteiger charge is -2.36. The second-order valence-electron chi connectivity index (χ2n) is 13.0. The minimum atomic E-state index is -1.46. The largest absolute Gasteiger partial charge is 0.455 e. The second-order valence-corrected chi connectivity index (χ2v) is 14.3. The Morgan fingerprint density at radius 2 is 1.76 bits per heavy atom. The minimum Gasteiger partial charge on any atom is -0.455 e. The fourth-order valence-corrected chi connectivity index (χ4v) is 8.43. The zero-order valence-electron chi connectivity index (χ0n) is 27.7. The molecule has 1 spiro atoms. The molecule has 4 aliphatic rings. The van der Waals surface area contributed by atoms with E-state index in [0.717, 1.165) is 0 Å². The molecule has 7 atom stereocenters. The average molecular weight is 771 g/mol. The van der Waals surface area contributed by atoms with Crippen LogP contribution in [0.25, 0.3) is 0 Å². The first kappa shape index (κ1) is 36.2. The number of aliphatic hydroxyl groups is 1. The maximum absolute atomic E-state index is 15.0. The standard InChI is InChI=1S/C37H41BrClN3O8/c1-48-22-27-31(23-11-5-2-6-12-23)49-36(47)29-30-34(45)42(19-9-4-10-20-43)33(37(30)21-26(38)32(29)50-37)35(46)41(25-16-14-24(39)15-17-25)18-8-3-7-13-28(44)40-27/h2-3,5-6,8,11-12,14-17,21,27,29-33,43H,4,7,9-10,13,18-20,22H2,1H3,(H,40,44)/b8-3-/t27-,29+,30-,31-,32+,33+,37-/m0/s1. The fourth-order valence-electron chi connectivity index (χ4n) is 7.57. The van der Waals surface area contributed by atoms with Crippen LogP contribution in [0.3, 0.4) is 0 Å². The van der Waals surface area contributed by atoms with Gasteiger partial charge in [0, 0.05) is 48.4 Å². The third-order valence-corrected chi connectivity index (χ3v) is 10.7. The number of esters is 1. The molecule has 11 nitrogen and oxygen atoms in total. The van der Waals surface area contributed by atoms with E-state index in [1.807, 2.05) is 42.5 Å². The van der Waals surface area contributed by atoms with E-state index in [2.05, 4.69) is 21.2 Å². The molecule has 2 fully saturated rings. The molecular weight excluding hydrogens is 730 g/mol. The number of ether oxygens (including phenoxy) is 3. The van der Waals surface area contributed by atoms with E-state index < -0.39 is 47.7 Å². The number of fused-ring (bicyclic) bond motifs is 2. The molecule has 2 aromatic rings. The molecule has 266 valence electrons. The van der Waals surface area contributed by atoms with Crippen molar-refractivity contribution in [3.63, 3.8) is 0 Å². The van der Waals surface area contributed by atoms with Gasteiger partial charge in [-0.3, -0.25) is 19.2 Å². The molecular formula is C37H41BrClN3O8. The number of amides is 3. The first-order valence-electron chi connectivity index (χ1n) is 16.9. The smallest absolute Gasteiger partial charge is 0.313 e. The Labute approximate surface area is 304 Å². The second kappa shape index (κ2) is 15.8. The summed E-state index contributed by atoms with van der Waals surface area (Å²) in [6.07, 6.45) is 5.90. The summed E-state index contributed by atoms with van der Waals surface area (Å²) in [4.78, 5) is 60.4. The van der Waals surface area contributed by atoms with Gasteiger partial charge in [0.05, 0.1) is 18.6 Å². The predicted molar refractivity (Wildman–Crippen MR) is 189 cm³/mol. The highest BCUT2D eigenvalue weighted by Gasteiger charge is 2.75. The van der Waals surface area contributed by atoms with Gasteiger partial charge in [-0.05, 0) is 61.6 Å². The van der Waals surface area contributed by atoms with Gasteiger partial charge in [0.15, 0.2) is 0 Å². The number of nitrogens with zero attached hydrogens (tertiary/aromatic N) is 2. The molecule has 6 rings (SSSR count). The van der Waals surface area contributed by atoms with Crippen LogP contribution in [0.15, 0.2) is 77.3 Å². The number of rotatable bonds is 9. The topological polar surface area (TPSA) is 135 Å². The van der Waals surface area contributed by atoms with Gasteiger partial charge in [-0.25, -0.2) is 0 Å². The molecule has 2 N–H and O–H groups in total. The Morgan fingerprint density at radius 3 is 2.48 bits per heavy atom. The van der Waals surface area contributed by atoms with Gasteiger partial charge >= 0.3 is 5.97 Å². The highest BCUT2D eigenvalue weighted by molar-refractivity contribution is 9.11. The number of benzene rings is 2. The maximum Gasteiger partial charge on any atom is 0.313 e. The number of methoxy groups -OCH3 is 1. The number of anilines is 1. The van der Waals surface area contributed by atoms with Crippen molar-refractivity contribution in [1.29, 1.82) is 0 Å². The van der Waals surface area contributed by atoms with Crippen LogP contribution < -0.4 is 10.2 Å². The van der Waals surface area contributed by atoms with Crippen molar-refractivity contribution in [2.45, 2.75) is 62.0 Å². The van der Waals surface area contributed by atoms with E-state index in [9.17, 15) is 24.3 Å². The number of carbonyl (C=O) groups excluding carboxylic acids is 4. The molecule has 13 heteroatoms. The number of hydrogen-bond acceptors (Lipinski definition) is 8. The van der Waals surface area contributed by atoms with Crippen molar-refractivity contribution in [2.75, 3.05) is 38.3 Å². The molecule has 0 unspecified atom stereocenters. The number of nitrogens with one attached hydrogen (secondary N) is 1. The molecule has 0 aliphatic carbocycles. The lowest BCUT2D eigenvalue weighted by molar-refractivity contribution is -0.162. The van der Waals surface area contributed by atoms with Crippen molar-refractivity contribution in [1.82, 2.24) is 10.2 Å². The van der Waals surface area contributed by atoms with Gasteiger partial charge in [-0.1, -0.05) is 70.0 Å². The summed E-state index contributed by atoms with van der Waals surface area (Å²) in [7, 11) is 1.51. The predicted octanol–water partition coefficient (Wildman–Crippen LogP) is 4.47. The van der Waals surface area contributed by atoms with E-state index in [-0.39, 0.29) is 50.4 Å². The summed E-state index contributed by atoms with van der Waals surface area (Å²) in [6, 6.07) is 14.1. The number of halogens is 2. The van der Waals surface area contributed by atoms with Crippen molar-refractivity contribution in [3.8, 4) is 0 Å². The zero-order valence-corrected chi connectivity index (χ0v) is 30.1. The quantitative estimate of drug-likeness (QED) is 0.217. The third kappa shape index (κ3) is 7.01. The minimum absolute atomic E-state index is 0.0149. The van der Waals surface area contributed by atoms with Gasteiger partial charge in [0.2, 0.25) is 11.8 Å². The van der Waals surface area contributed by atoms with E-state index in [4.69, 9.17) is 25.8 Å². The van der Waals surface area contributed by atoms with Crippen molar-refractivity contribution in [3.05, 3.63) is 87.9 Å². The number of unbranched alkanes of at least 4 members (excludes halogenated alkanes) is 2. The van der Waals surface area contributed by atoms with Crippen molar-refractivity contribution in [2.24, 2.45) is 11.8 Å². The number of cyclic esters (lactones) is 1. The summed E-state index contributed by atoms with van der Waals surface area (Å²) < 4.78 is 19.0. The Bertz CT molecular complexity index is 1640. The molecule has 0 saturated carbocycles. The number of hydrogen-bond donors (Lipinski definition) is 2. The molecule has 0 radical (unpaired) electrons. The normalized spacial score (nSPS) is 30.6. The summed E-state index contributed by atoms with van der Waals surface area (Å²) in [5, 5.41) is 12.9. The lowest BCUT2D eigenvalue weighted by atomic mass is 9.74. The summed E-state index contributed by atoms with van der Waals surface area (Å²) in [6.45, 7) is 0.450. The van der Waals surface area contributed by atoms with E-state index >= 15 is 0 Å². The molecule has 2 aromatic carbocycles. The molecule has 4 heterocycles. The monoisotopic (exact) mass is 769 g/mol. The van der Waals surface area contributed by atoms with Crippen molar-refractivity contribution >= 4 is 56.9 Å². The Hall–Kier alpha value is -3.55. The van der Waals surface area contributed by atoms with Crippen LogP contribution in [-0.2, 0) is 33.4 Å². The van der Waals surface area contributed by atoms with Gasteiger partial charge in [-0.2, -0.15) is 0 Å². The molecule has 5 bridgehead atoms. The van der Waals surface area contributed by atoms with Crippen LogP contribution in [-0.4, -0.2) is 90.9 Å². The van der Waals surface area contributed by atoms with Crippen LogP contribution in [0, 0.1) is 11.8 Å². The van der Waals surface area contributed by atoms with E-state index in [1.54, 1.807) is 40.1 Å². The SMILES string of the molecule is COC[C@@H]1NC(=O)CC/C=C\CN(c2ccc(Cl)cc2)C(=O)[C@H]2N(CCCCCO)C(=O)[C@@H]3[C@@H](C(=O)O[C@H]1c1ccccc1)[C@@H]1O[C@@]32C=C1Br. The Balaban J connectivity index is 1.46. The van der Waals surface area contributed by atoms with Gasteiger partial charge in [0.25, 0.3) is 5.91 Å². The third-order valence-electron chi connectivity index (χ3n) is 9.82. The molecule has 0 aromatic heterocycles. The number of allylic oxidation sites excluding steroid dienone is 1. The molecule has 3 amide bonds. The van der Waals surface area contributed by atoms with Crippen LogP contribution >= 0.6 is 27.5 Å². The summed E-state index contributed by atoms with van der Waals surface area (Å²) in [5.41, 5.74) is -0.250. The van der Waals surface area contributed by atoms with E-state index in [0.29, 0.717) is 46.4 Å². The summed E-state index contributed by atoms with van der Waals surface area (Å²) in [5.74, 6) is -3.83. The average Bonchev–Trinajstić information content (AvgIpc) is 3.70. The Morgan fingerprint density at radius 1 is 1.00 bits per heavy atom. The highest BCUT2D eigenvalue weighted by atomic mass is 79.9. The van der Waals surface area contributed by atoms with Gasteiger partial charge in [-0.15, -0.1) is 0 Å². The number of likely N-dealkylation sites (tertiary alicyclic amines) is 1. The molecule has 2 saturated heterocycles. The van der Waals surface area contributed by atoms with Crippen LogP contribution in [0.4, 0.5) is 5.69 Å². The number of carbonyl (C=O) groups is 4. The van der Waals surface area contributed by atoms with Crippen molar-refractivity contribution < 1.29 is 38.5 Å². The maximum atomic E-state index is 15.0. The zero-order chi connectivity index (χ0) is 35.4. The van der Waals surface area contributed by atoms with Gasteiger partial charge in [0.1, 0.15) is 29.8 Å². The first-order valence-corrected chi connectivity index (χ1v) is 18.1. The van der Waals surface area contributed by atoms with E-state index in [1.165, 1.54) is 7.11 Å². The molecule has 50 heavy (non-hydrogen) atoms. The fraction of sp³-hybridized carbons (Fsp3) is 0.459. The first-order chi connectivity index (χ1) is 24.2. The van der Waals surface area contributed by atoms with Crippen LogP contribution in [0.5, 0.6) is 0 Å².